The minimum absolute atomic E-state index is 0.0331. The summed E-state index contributed by atoms with van der Waals surface area (Å²) in [6.07, 6.45) is 0. The van der Waals surface area contributed by atoms with Crippen molar-refractivity contribution in [2.75, 3.05) is 33.4 Å². The van der Waals surface area contributed by atoms with Crippen LogP contribution in [-0.4, -0.2) is 68.3 Å². The van der Waals surface area contributed by atoms with E-state index in [-0.39, 0.29) is 25.1 Å². The van der Waals surface area contributed by atoms with Crippen LogP contribution in [0.4, 0.5) is 0 Å². The molecule has 0 aromatic rings. The number of ether oxygens (including phenoxy) is 2. The summed E-state index contributed by atoms with van der Waals surface area (Å²) in [6, 6.07) is -1.09. The molecule has 0 radical (unpaired) electrons. The second-order valence-electron chi connectivity index (χ2n) is 4.77. The van der Waals surface area contributed by atoms with Gasteiger partial charge in [-0.25, -0.2) is 0 Å². The van der Waals surface area contributed by atoms with Gasteiger partial charge in [-0.3, -0.25) is 14.5 Å². The summed E-state index contributed by atoms with van der Waals surface area (Å²) in [4.78, 5) is 25.6. The monoisotopic (exact) mass is 273 g/mol. The summed E-state index contributed by atoms with van der Waals surface area (Å²) in [5.74, 6) is -0.580. The van der Waals surface area contributed by atoms with E-state index in [0.29, 0.717) is 13.2 Å². The van der Waals surface area contributed by atoms with E-state index in [1.165, 1.54) is 7.11 Å². The van der Waals surface area contributed by atoms with Crippen molar-refractivity contribution in [2.24, 2.45) is 5.73 Å². The van der Waals surface area contributed by atoms with Crippen LogP contribution in [-0.2, 0) is 19.1 Å². The lowest BCUT2D eigenvalue weighted by Crippen LogP contribution is -2.61. The Hall–Kier alpha value is -1.18. The minimum atomic E-state index is -0.614. The topological polar surface area (TPSA) is 93.9 Å². The van der Waals surface area contributed by atoms with Crippen molar-refractivity contribution in [1.29, 1.82) is 0 Å². The fourth-order valence-corrected chi connectivity index (χ4v) is 2.10. The Balaban J connectivity index is 2.81. The zero-order valence-electron chi connectivity index (χ0n) is 11.7. The van der Waals surface area contributed by atoms with E-state index in [1.54, 1.807) is 4.90 Å². The summed E-state index contributed by atoms with van der Waals surface area (Å²) >= 11 is 0. The molecule has 0 aromatic carbocycles. The van der Waals surface area contributed by atoms with Crippen LogP contribution in [0.1, 0.15) is 13.8 Å². The van der Waals surface area contributed by atoms with Crippen LogP contribution >= 0.6 is 0 Å². The largest absolute Gasteiger partial charge is 0.468 e. The zero-order valence-corrected chi connectivity index (χ0v) is 11.7. The molecule has 1 heterocycles. The van der Waals surface area contributed by atoms with E-state index in [2.05, 4.69) is 5.32 Å². The molecule has 0 spiro atoms. The lowest BCUT2D eigenvalue weighted by Gasteiger charge is -2.38. The van der Waals surface area contributed by atoms with Crippen LogP contribution in [0.3, 0.4) is 0 Å². The molecule has 1 saturated heterocycles. The average Bonchev–Trinajstić information content (AvgIpc) is 2.39. The van der Waals surface area contributed by atoms with Crippen molar-refractivity contribution in [1.82, 2.24) is 10.2 Å². The van der Waals surface area contributed by atoms with E-state index >= 15 is 0 Å². The lowest BCUT2D eigenvalue weighted by molar-refractivity contribution is -0.153. The van der Waals surface area contributed by atoms with Crippen molar-refractivity contribution in [3.63, 3.8) is 0 Å². The molecule has 1 aliphatic rings. The van der Waals surface area contributed by atoms with E-state index in [0.717, 1.165) is 0 Å². The molecule has 1 aliphatic heterocycles. The number of nitrogens with two attached hydrogens (primary N) is 1. The molecule has 1 rings (SSSR count). The number of morpholine rings is 1. The highest BCUT2D eigenvalue weighted by Gasteiger charge is 2.37. The van der Waals surface area contributed by atoms with E-state index in [4.69, 9.17) is 15.2 Å². The van der Waals surface area contributed by atoms with Gasteiger partial charge in [-0.05, 0) is 13.8 Å². The number of rotatable bonds is 5. The van der Waals surface area contributed by atoms with Crippen molar-refractivity contribution < 1.29 is 19.1 Å². The van der Waals surface area contributed by atoms with Crippen LogP contribution in [0.25, 0.3) is 0 Å². The molecule has 1 amide bonds. The number of carbonyl (C=O) groups is 2. The third-order valence-corrected chi connectivity index (χ3v) is 3.00. The zero-order chi connectivity index (χ0) is 14.4. The maximum atomic E-state index is 12.1. The number of amides is 1. The van der Waals surface area contributed by atoms with Gasteiger partial charge in [0.2, 0.25) is 5.91 Å². The van der Waals surface area contributed by atoms with Crippen LogP contribution in [0, 0.1) is 0 Å². The summed E-state index contributed by atoms with van der Waals surface area (Å²) in [5, 5.41) is 2.82. The summed E-state index contributed by atoms with van der Waals surface area (Å²) in [6.45, 7) is 5.08. The molecule has 0 bridgehead atoms. The first-order valence-corrected chi connectivity index (χ1v) is 6.43. The molecule has 7 heteroatoms. The SMILES string of the molecule is COC(=O)C(CN)N1CCOCC1C(=O)NC(C)C. The average molecular weight is 273 g/mol. The standard InChI is InChI=1S/C12H23N3O4/c1-8(2)14-11(16)10-7-19-5-4-15(10)9(6-13)12(17)18-3/h8-10H,4-7,13H2,1-3H3,(H,14,16). The minimum Gasteiger partial charge on any atom is -0.468 e. The van der Waals surface area contributed by atoms with E-state index in [9.17, 15) is 9.59 Å². The smallest absolute Gasteiger partial charge is 0.324 e. The first-order valence-electron chi connectivity index (χ1n) is 6.43. The number of carbonyl (C=O) groups excluding carboxylic acids is 2. The third kappa shape index (κ3) is 4.15. The van der Waals surface area contributed by atoms with E-state index in [1.807, 2.05) is 13.8 Å². The van der Waals surface area contributed by atoms with Crippen LogP contribution in [0.5, 0.6) is 0 Å². The lowest BCUT2D eigenvalue weighted by atomic mass is 10.1. The third-order valence-electron chi connectivity index (χ3n) is 3.00. The van der Waals surface area contributed by atoms with Crippen molar-refractivity contribution in [3.05, 3.63) is 0 Å². The molecule has 19 heavy (non-hydrogen) atoms. The quantitative estimate of drug-likeness (QED) is 0.606. The van der Waals surface area contributed by atoms with Gasteiger partial charge in [-0.1, -0.05) is 0 Å². The molecular weight excluding hydrogens is 250 g/mol. The highest BCUT2D eigenvalue weighted by molar-refractivity contribution is 5.84. The maximum absolute atomic E-state index is 12.1. The van der Waals surface area contributed by atoms with Gasteiger partial charge in [-0.2, -0.15) is 0 Å². The number of methoxy groups -OCH3 is 1. The second kappa shape index (κ2) is 7.42. The van der Waals surface area contributed by atoms with Crippen LogP contribution < -0.4 is 11.1 Å². The highest BCUT2D eigenvalue weighted by Crippen LogP contribution is 2.12. The van der Waals surface area contributed by atoms with Crippen molar-refractivity contribution in [3.8, 4) is 0 Å². The predicted octanol–water partition coefficient (Wildman–Crippen LogP) is -1.29. The molecule has 7 nitrogen and oxygen atoms in total. The number of nitrogens with zero attached hydrogens (tertiary/aromatic N) is 1. The van der Waals surface area contributed by atoms with Gasteiger partial charge in [0, 0.05) is 19.1 Å². The summed E-state index contributed by atoms with van der Waals surface area (Å²) < 4.78 is 10.1. The van der Waals surface area contributed by atoms with Gasteiger partial charge in [-0.15, -0.1) is 0 Å². The highest BCUT2D eigenvalue weighted by atomic mass is 16.5. The Morgan fingerprint density at radius 1 is 1.53 bits per heavy atom. The van der Waals surface area contributed by atoms with Crippen molar-refractivity contribution in [2.45, 2.75) is 32.0 Å². The number of esters is 1. The predicted molar refractivity (Wildman–Crippen MR) is 69.5 cm³/mol. The first kappa shape index (κ1) is 15.9. The van der Waals surface area contributed by atoms with Crippen molar-refractivity contribution >= 4 is 11.9 Å². The Morgan fingerprint density at radius 2 is 2.21 bits per heavy atom. The normalized spacial score (nSPS) is 22.1. The fraction of sp³-hybridized carbons (Fsp3) is 0.833. The number of hydrogen-bond donors (Lipinski definition) is 2. The van der Waals surface area contributed by atoms with Gasteiger partial charge < -0.3 is 20.5 Å². The number of nitrogens with one attached hydrogen (secondary N) is 1. The van der Waals surface area contributed by atoms with Crippen LogP contribution in [0.2, 0.25) is 0 Å². The Morgan fingerprint density at radius 3 is 2.74 bits per heavy atom. The van der Waals surface area contributed by atoms with Crippen LogP contribution in [0.15, 0.2) is 0 Å². The van der Waals surface area contributed by atoms with E-state index < -0.39 is 18.1 Å². The molecule has 2 atom stereocenters. The van der Waals surface area contributed by atoms with Gasteiger partial charge in [0.15, 0.2) is 0 Å². The van der Waals surface area contributed by atoms with Gasteiger partial charge in [0.05, 0.1) is 20.3 Å². The molecule has 0 saturated carbocycles. The summed E-state index contributed by atoms with van der Waals surface area (Å²) in [5.41, 5.74) is 5.63. The Bertz CT molecular complexity index is 322. The molecule has 0 aromatic heterocycles. The molecule has 1 fully saturated rings. The Labute approximate surface area is 113 Å². The maximum Gasteiger partial charge on any atom is 0.324 e. The molecular formula is C12H23N3O4. The molecule has 2 unspecified atom stereocenters. The summed E-state index contributed by atoms with van der Waals surface area (Å²) in [7, 11) is 1.31. The van der Waals surface area contributed by atoms with Gasteiger partial charge >= 0.3 is 5.97 Å². The Kier molecular flexibility index (Phi) is 6.20. The fourth-order valence-electron chi connectivity index (χ4n) is 2.10. The first-order chi connectivity index (χ1) is 9.01. The molecule has 3 N–H and O–H groups in total. The molecule has 110 valence electrons. The number of hydrogen-bond acceptors (Lipinski definition) is 6. The molecule has 0 aliphatic carbocycles. The second-order valence-corrected chi connectivity index (χ2v) is 4.77. The van der Waals surface area contributed by atoms with Gasteiger partial charge in [0.25, 0.3) is 0 Å². The van der Waals surface area contributed by atoms with Gasteiger partial charge in [0.1, 0.15) is 12.1 Å².